The zero-order valence-electron chi connectivity index (χ0n) is 17.8. The van der Waals surface area contributed by atoms with E-state index in [2.05, 4.69) is 131 Å². The zero-order chi connectivity index (χ0) is 21.9. The summed E-state index contributed by atoms with van der Waals surface area (Å²) in [7, 11) is 0. The van der Waals surface area contributed by atoms with Crippen molar-refractivity contribution in [3.63, 3.8) is 0 Å². The summed E-state index contributed by atoms with van der Waals surface area (Å²) >= 11 is 4.06. The van der Waals surface area contributed by atoms with Gasteiger partial charge in [-0.05, 0) is 76.4 Å². The minimum Gasteiger partial charge on any atom is -0.0622 e. The summed E-state index contributed by atoms with van der Waals surface area (Å²) < 4.78 is 1.16. The Kier molecular flexibility index (Phi) is 4.09. The molecule has 0 N–H and O–H groups in total. The Morgan fingerprint density at radius 2 is 1.03 bits per heavy atom. The normalized spacial score (nSPS) is 11.8. The first kappa shape index (κ1) is 18.8. The van der Waals surface area contributed by atoms with Gasteiger partial charge in [-0.25, -0.2) is 0 Å². The molecule has 0 radical (unpaired) electrons. The number of hydrogen-bond donors (Lipinski definition) is 0. The molecule has 0 nitrogen and oxygen atoms in total. The molecule has 154 valence electrons. The summed E-state index contributed by atoms with van der Waals surface area (Å²) in [5.74, 6) is 0. The van der Waals surface area contributed by atoms with Gasteiger partial charge in [0.25, 0.3) is 0 Å². The minimum absolute atomic E-state index is 1.16. The Morgan fingerprint density at radius 3 is 1.79 bits per heavy atom. The summed E-state index contributed by atoms with van der Waals surface area (Å²) in [6.07, 6.45) is 0. The van der Waals surface area contributed by atoms with E-state index >= 15 is 0 Å². The Morgan fingerprint density at radius 1 is 0.394 bits per heavy atom. The van der Waals surface area contributed by atoms with E-state index in [1.807, 2.05) is 0 Å². The van der Waals surface area contributed by atoms with E-state index in [-0.39, 0.29) is 0 Å². The third kappa shape index (κ3) is 2.63. The molecular weight excluding hydrogens is 464 g/mol. The van der Waals surface area contributed by atoms with E-state index in [1.54, 1.807) is 0 Å². The van der Waals surface area contributed by atoms with Crippen LogP contribution in [0.25, 0.3) is 66.1 Å². The van der Waals surface area contributed by atoms with E-state index in [1.165, 1.54) is 66.1 Å². The van der Waals surface area contributed by atoms with Crippen molar-refractivity contribution < 1.29 is 0 Å². The monoisotopic (exact) mass is 482 g/mol. The fraction of sp³-hybridized carbons (Fsp3) is 0. The quantitative estimate of drug-likeness (QED) is 0.230. The van der Waals surface area contributed by atoms with Crippen LogP contribution in [0.5, 0.6) is 0 Å². The van der Waals surface area contributed by atoms with Crippen LogP contribution < -0.4 is 0 Å². The molecule has 0 fully saturated rings. The summed E-state index contributed by atoms with van der Waals surface area (Å²) in [6, 6.07) is 41.7. The fourth-order valence-electron chi connectivity index (χ4n) is 5.51. The molecule has 7 rings (SSSR count). The average Bonchev–Trinajstić information content (AvgIpc) is 3.22. The lowest BCUT2D eigenvalue weighted by Crippen LogP contribution is -1.93. The predicted octanol–water partition coefficient (Wildman–Crippen LogP) is 9.74. The minimum atomic E-state index is 1.16. The molecule has 0 aliphatic heterocycles. The van der Waals surface area contributed by atoms with Gasteiger partial charge in [0.05, 0.1) is 0 Å². The van der Waals surface area contributed by atoms with Crippen LogP contribution in [0.3, 0.4) is 0 Å². The molecule has 0 saturated heterocycles. The lowest BCUT2D eigenvalue weighted by atomic mass is 9.85. The number of benzene rings is 6. The van der Waals surface area contributed by atoms with Crippen molar-refractivity contribution in [2.24, 2.45) is 0 Å². The van der Waals surface area contributed by atoms with Crippen molar-refractivity contribution in [2.45, 2.75) is 0 Å². The van der Waals surface area contributed by atoms with Gasteiger partial charge >= 0.3 is 0 Å². The first-order valence-electron chi connectivity index (χ1n) is 11.2. The molecule has 1 aliphatic carbocycles. The van der Waals surface area contributed by atoms with Crippen LogP contribution in [0, 0.1) is 0 Å². The number of fused-ring (bicyclic) bond motifs is 5. The molecule has 6 aromatic carbocycles. The number of halogens is 1. The standard InChI is InChI=1S/C32H19Br/c33-32-26-17-9-16-24-25-19-18-20-10-7-8-15-23(20)29(25)31(30(24)26)27(21-11-3-1-4-12-21)28(32)22-13-5-2-6-14-22/h1-19H. The second-order valence-corrected chi connectivity index (χ2v) is 9.40. The molecule has 0 unspecified atom stereocenters. The SMILES string of the molecule is Brc1c(-c2ccccc2)c(-c2ccccc2)c2c3c(cccc13)-c1ccc3ccccc3c1-2. The molecule has 6 aromatic rings. The third-order valence-corrected chi connectivity index (χ3v) is 7.69. The van der Waals surface area contributed by atoms with Crippen molar-refractivity contribution >= 4 is 37.5 Å². The van der Waals surface area contributed by atoms with Gasteiger partial charge in [0.1, 0.15) is 0 Å². The van der Waals surface area contributed by atoms with Crippen molar-refractivity contribution in [1.29, 1.82) is 0 Å². The zero-order valence-corrected chi connectivity index (χ0v) is 19.4. The Hall–Kier alpha value is -3.68. The molecular formula is C32H19Br. The maximum Gasteiger partial charge on any atom is 0.0339 e. The lowest BCUT2D eigenvalue weighted by Gasteiger charge is -2.20. The fourth-order valence-corrected chi connectivity index (χ4v) is 6.27. The van der Waals surface area contributed by atoms with E-state index in [0.29, 0.717) is 0 Å². The molecule has 0 atom stereocenters. The molecule has 33 heavy (non-hydrogen) atoms. The highest BCUT2D eigenvalue weighted by Gasteiger charge is 2.30. The van der Waals surface area contributed by atoms with Crippen LogP contribution in [-0.4, -0.2) is 0 Å². The van der Waals surface area contributed by atoms with Crippen LogP contribution in [0.15, 0.2) is 120 Å². The highest BCUT2D eigenvalue weighted by molar-refractivity contribution is 9.10. The van der Waals surface area contributed by atoms with Gasteiger partial charge in [-0.15, -0.1) is 0 Å². The second-order valence-electron chi connectivity index (χ2n) is 8.61. The van der Waals surface area contributed by atoms with Crippen LogP contribution in [-0.2, 0) is 0 Å². The van der Waals surface area contributed by atoms with Crippen molar-refractivity contribution in [3.8, 4) is 44.5 Å². The maximum absolute atomic E-state index is 4.06. The molecule has 1 aliphatic rings. The molecule has 0 saturated carbocycles. The first-order chi connectivity index (χ1) is 16.3. The van der Waals surface area contributed by atoms with E-state index < -0.39 is 0 Å². The molecule has 0 bridgehead atoms. The lowest BCUT2D eigenvalue weighted by molar-refractivity contribution is 1.59. The van der Waals surface area contributed by atoms with Gasteiger partial charge < -0.3 is 0 Å². The van der Waals surface area contributed by atoms with E-state index in [4.69, 9.17) is 0 Å². The van der Waals surface area contributed by atoms with E-state index in [0.717, 1.165) is 4.47 Å². The van der Waals surface area contributed by atoms with Crippen LogP contribution in [0.1, 0.15) is 0 Å². The summed E-state index contributed by atoms with van der Waals surface area (Å²) in [5, 5.41) is 5.20. The second kappa shape index (κ2) is 7.16. The molecule has 1 heteroatoms. The van der Waals surface area contributed by atoms with Gasteiger partial charge in [-0.3, -0.25) is 0 Å². The Bertz CT molecular complexity index is 1700. The molecule has 0 amide bonds. The number of rotatable bonds is 2. The maximum atomic E-state index is 4.06. The third-order valence-electron chi connectivity index (χ3n) is 6.86. The highest BCUT2D eigenvalue weighted by atomic mass is 79.9. The molecule has 0 heterocycles. The van der Waals surface area contributed by atoms with Crippen molar-refractivity contribution in [2.75, 3.05) is 0 Å². The smallest absolute Gasteiger partial charge is 0.0339 e. The van der Waals surface area contributed by atoms with E-state index in [9.17, 15) is 0 Å². The topological polar surface area (TPSA) is 0 Å². The van der Waals surface area contributed by atoms with Crippen molar-refractivity contribution in [3.05, 3.63) is 120 Å². The molecule has 0 aromatic heterocycles. The average molecular weight is 483 g/mol. The largest absolute Gasteiger partial charge is 0.0622 e. The van der Waals surface area contributed by atoms with Gasteiger partial charge in [0.2, 0.25) is 0 Å². The highest BCUT2D eigenvalue weighted by Crippen LogP contribution is 2.58. The van der Waals surface area contributed by atoms with Crippen molar-refractivity contribution in [1.82, 2.24) is 0 Å². The predicted molar refractivity (Wildman–Crippen MR) is 144 cm³/mol. The summed E-state index contributed by atoms with van der Waals surface area (Å²) in [6.45, 7) is 0. The van der Waals surface area contributed by atoms with Crippen LogP contribution >= 0.6 is 15.9 Å². The Balaban J connectivity index is 1.77. The first-order valence-corrected chi connectivity index (χ1v) is 12.0. The molecule has 0 spiro atoms. The summed E-state index contributed by atoms with van der Waals surface area (Å²) in [4.78, 5) is 0. The van der Waals surface area contributed by atoms with Gasteiger partial charge in [0.15, 0.2) is 0 Å². The van der Waals surface area contributed by atoms with Crippen LogP contribution in [0.4, 0.5) is 0 Å². The summed E-state index contributed by atoms with van der Waals surface area (Å²) in [5.41, 5.74) is 10.4. The van der Waals surface area contributed by atoms with Crippen LogP contribution in [0.2, 0.25) is 0 Å². The van der Waals surface area contributed by atoms with Gasteiger partial charge in [-0.2, -0.15) is 0 Å². The van der Waals surface area contributed by atoms with Gasteiger partial charge in [-0.1, -0.05) is 115 Å². The Labute approximate surface area is 201 Å². The number of hydrogen-bond acceptors (Lipinski definition) is 0. The van der Waals surface area contributed by atoms with Gasteiger partial charge in [0, 0.05) is 10.0 Å².